The molecule has 0 aromatic heterocycles. The van der Waals surface area contributed by atoms with Gasteiger partial charge in [0.25, 0.3) is 0 Å². The Labute approximate surface area is 130 Å². The van der Waals surface area contributed by atoms with Gasteiger partial charge in [-0.15, -0.1) is 0 Å². The molecule has 122 valence electrons. The highest BCUT2D eigenvalue weighted by Crippen LogP contribution is 2.32. The molecule has 1 aliphatic carbocycles. The quantitative estimate of drug-likeness (QED) is 0.719. The Hall–Kier alpha value is -0.570. The minimum Gasteiger partial charge on any atom is -0.353 e. The number of unbranched alkanes of at least 4 members (excludes halogenated alkanes) is 1. The minimum atomic E-state index is 0.300. The van der Waals surface area contributed by atoms with E-state index in [1.807, 2.05) is 0 Å². The smallest absolute Gasteiger partial charge is 0.220 e. The average molecular weight is 294 g/mol. The van der Waals surface area contributed by atoms with Gasteiger partial charge < -0.3 is 10.6 Å². The van der Waals surface area contributed by atoms with Crippen LogP contribution in [0.3, 0.4) is 0 Å². The highest BCUT2D eigenvalue weighted by Gasteiger charge is 2.29. The van der Waals surface area contributed by atoms with Crippen LogP contribution in [0.25, 0.3) is 0 Å². The number of rotatable bonds is 8. The predicted octanol–water partition coefficient (Wildman–Crippen LogP) is 3.49. The van der Waals surface area contributed by atoms with Gasteiger partial charge in [-0.1, -0.05) is 33.1 Å². The van der Waals surface area contributed by atoms with Crippen LogP contribution in [0.4, 0.5) is 0 Å². The third-order valence-corrected chi connectivity index (χ3v) is 5.63. The van der Waals surface area contributed by atoms with Crippen molar-refractivity contribution >= 4 is 5.91 Å². The summed E-state index contributed by atoms with van der Waals surface area (Å²) >= 11 is 0. The molecule has 1 heterocycles. The molecule has 2 atom stereocenters. The fourth-order valence-electron chi connectivity index (χ4n) is 3.83. The van der Waals surface area contributed by atoms with Crippen molar-refractivity contribution in [3.63, 3.8) is 0 Å². The summed E-state index contributed by atoms with van der Waals surface area (Å²) in [5.74, 6) is 2.32. The maximum atomic E-state index is 12.4. The van der Waals surface area contributed by atoms with Crippen molar-refractivity contribution in [1.29, 1.82) is 0 Å². The number of carbonyl (C=O) groups excluding carboxylic acids is 1. The number of amides is 1. The van der Waals surface area contributed by atoms with Gasteiger partial charge in [-0.05, 0) is 62.9 Å². The zero-order valence-corrected chi connectivity index (χ0v) is 14.0. The fourth-order valence-corrected chi connectivity index (χ4v) is 3.83. The van der Waals surface area contributed by atoms with E-state index in [1.165, 1.54) is 51.4 Å². The third-order valence-electron chi connectivity index (χ3n) is 5.63. The Morgan fingerprint density at radius 2 is 1.90 bits per heavy atom. The van der Waals surface area contributed by atoms with Crippen molar-refractivity contribution in [3.05, 3.63) is 0 Å². The molecule has 2 unspecified atom stereocenters. The van der Waals surface area contributed by atoms with Crippen LogP contribution in [-0.2, 0) is 4.79 Å². The number of hydrogen-bond donors (Lipinski definition) is 2. The molecule has 3 nitrogen and oxygen atoms in total. The Morgan fingerprint density at radius 3 is 2.48 bits per heavy atom. The number of nitrogens with one attached hydrogen (secondary N) is 2. The van der Waals surface area contributed by atoms with Crippen LogP contribution in [-0.4, -0.2) is 25.0 Å². The summed E-state index contributed by atoms with van der Waals surface area (Å²) in [6.45, 7) is 6.74. The van der Waals surface area contributed by atoms with Crippen molar-refractivity contribution < 1.29 is 4.79 Å². The number of hydrogen-bond acceptors (Lipinski definition) is 2. The van der Waals surface area contributed by atoms with E-state index in [4.69, 9.17) is 0 Å². The lowest BCUT2D eigenvalue weighted by molar-refractivity contribution is -0.123. The second-order valence-corrected chi connectivity index (χ2v) is 7.28. The normalized spacial score (nSPS) is 23.3. The van der Waals surface area contributed by atoms with Gasteiger partial charge in [0.05, 0.1) is 0 Å². The number of piperidine rings is 1. The van der Waals surface area contributed by atoms with E-state index in [0.717, 1.165) is 31.3 Å². The van der Waals surface area contributed by atoms with E-state index < -0.39 is 0 Å². The molecule has 3 heteroatoms. The van der Waals surface area contributed by atoms with Crippen molar-refractivity contribution in [3.8, 4) is 0 Å². The second-order valence-electron chi connectivity index (χ2n) is 7.28. The molecule has 0 bridgehead atoms. The Bertz CT molecular complexity index is 308. The summed E-state index contributed by atoms with van der Waals surface area (Å²) in [4.78, 5) is 12.4. The summed E-state index contributed by atoms with van der Waals surface area (Å²) in [7, 11) is 0. The summed E-state index contributed by atoms with van der Waals surface area (Å²) in [6.07, 6.45) is 10.8. The standard InChI is InChI=1S/C18H34N2O/c1-3-4-8-17(16-6-5-7-16)20-18(21)13-14(2)15-9-11-19-12-10-15/h14-17,19H,3-13H2,1-2H3,(H,20,21). The lowest BCUT2D eigenvalue weighted by Crippen LogP contribution is -2.43. The third kappa shape index (κ3) is 5.28. The van der Waals surface area contributed by atoms with Crippen molar-refractivity contribution in [2.75, 3.05) is 13.1 Å². The topological polar surface area (TPSA) is 41.1 Å². The van der Waals surface area contributed by atoms with Crippen LogP contribution >= 0.6 is 0 Å². The molecule has 21 heavy (non-hydrogen) atoms. The van der Waals surface area contributed by atoms with Crippen LogP contribution in [0.2, 0.25) is 0 Å². The molecule has 2 rings (SSSR count). The van der Waals surface area contributed by atoms with Crippen molar-refractivity contribution in [2.24, 2.45) is 17.8 Å². The molecule has 1 amide bonds. The van der Waals surface area contributed by atoms with Crippen LogP contribution in [0, 0.1) is 17.8 Å². The van der Waals surface area contributed by atoms with Gasteiger partial charge in [0.2, 0.25) is 5.91 Å². The summed E-state index contributed by atoms with van der Waals surface area (Å²) in [5.41, 5.74) is 0. The van der Waals surface area contributed by atoms with Gasteiger partial charge in [0, 0.05) is 12.5 Å². The van der Waals surface area contributed by atoms with Gasteiger partial charge in [0.1, 0.15) is 0 Å². The molecule has 0 radical (unpaired) electrons. The van der Waals surface area contributed by atoms with E-state index >= 15 is 0 Å². The molecule has 1 saturated heterocycles. The SMILES string of the molecule is CCCCC(NC(=O)CC(C)C1CCNCC1)C1CCC1. The average Bonchev–Trinajstić information content (AvgIpc) is 2.43. The van der Waals surface area contributed by atoms with Crippen molar-refractivity contribution in [2.45, 2.75) is 77.7 Å². The van der Waals surface area contributed by atoms with Gasteiger partial charge in [-0.2, -0.15) is 0 Å². The molecular weight excluding hydrogens is 260 g/mol. The van der Waals surface area contributed by atoms with Crippen LogP contribution in [0.15, 0.2) is 0 Å². The van der Waals surface area contributed by atoms with E-state index in [1.54, 1.807) is 0 Å². The molecule has 2 fully saturated rings. The molecule has 1 aliphatic heterocycles. The molecule has 1 saturated carbocycles. The second kappa shape index (κ2) is 8.77. The van der Waals surface area contributed by atoms with Gasteiger partial charge in [0.15, 0.2) is 0 Å². The highest BCUT2D eigenvalue weighted by molar-refractivity contribution is 5.76. The first kappa shape index (κ1) is 16.8. The Morgan fingerprint density at radius 1 is 1.19 bits per heavy atom. The molecule has 0 aromatic carbocycles. The van der Waals surface area contributed by atoms with Crippen molar-refractivity contribution in [1.82, 2.24) is 10.6 Å². The molecule has 2 N–H and O–H groups in total. The minimum absolute atomic E-state index is 0.300. The lowest BCUT2D eigenvalue weighted by atomic mass is 9.77. The van der Waals surface area contributed by atoms with E-state index in [9.17, 15) is 4.79 Å². The molecule has 0 spiro atoms. The zero-order chi connectivity index (χ0) is 15.1. The van der Waals surface area contributed by atoms with Crippen LogP contribution in [0.5, 0.6) is 0 Å². The molecule has 2 aliphatic rings. The van der Waals surface area contributed by atoms with Gasteiger partial charge >= 0.3 is 0 Å². The zero-order valence-electron chi connectivity index (χ0n) is 14.0. The fraction of sp³-hybridized carbons (Fsp3) is 0.944. The van der Waals surface area contributed by atoms with E-state index in [2.05, 4.69) is 24.5 Å². The summed E-state index contributed by atoms with van der Waals surface area (Å²) in [5, 5.41) is 6.78. The first-order chi connectivity index (χ1) is 10.2. The van der Waals surface area contributed by atoms with E-state index in [0.29, 0.717) is 17.9 Å². The first-order valence-corrected chi connectivity index (χ1v) is 9.20. The van der Waals surface area contributed by atoms with Crippen LogP contribution in [0.1, 0.15) is 71.6 Å². The van der Waals surface area contributed by atoms with E-state index in [-0.39, 0.29) is 0 Å². The number of carbonyl (C=O) groups is 1. The molecular formula is C18H34N2O. The van der Waals surface area contributed by atoms with Gasteiger partial charge in [-0.25, -0.2) is 0 Å². The predicted molar refractivity (Wildman–Crippen MR) is 88.2 cm³/mol. The Balaban J connectivity index is 1.74. The largest absolute Gasteiger partial charge is 0.353 e. The lowest BCUT2D eigenvalue weighted by Gasteiger charge is -2.35. The van der Waals surface area contributed by atoms with Crippen LogP contribution < -0.4 is 10.6 Å². The maximum absolute atomic E-state index is 12.4. The first-order valence-electron chi connectivity index (χ1n) is 9.20. The summed E-state index contributed by atoms with van der Waals surface area (Å²) in [6, 6.07) is 0.450. The van der Waals surface area contributed by atoms with Gasteiger partial charge in [-0.3, -0.25) is 4.79 Å². The maximum Gasteiger partial charge on any atom is 0.220 e. The Kier molecular flexibility index (Phi) is 7.01. The monoisotopic (exact) mass is 294 g/mol. The molecule has 0 aromatic rings. The highest BCUT2D eigenvalue weighted by atomic mass is 16.1. The summed E-state index contributed by atoms with van der Waals surface area (Å²) < 4.78 is 0.